The third-order valence-corrected chi connectivity index (χ3v) is 9.86. The highest BCUT2D eigenvalue weighted by Gasteiger charge is 2.61. The van der Waals surface area contributed by atoms with E-state index in [0.29, 0.717) is 0 Å². The van der Waals surface area contributed by atoms with Crippen LogP contribution in [0.4, 0.5) is 13.2 Å². The van der Waals surface area contributed by atoms with Gasteiger partial charge in [0.1, 0.15) is 6.54 Å². The van der Waals surface area contributed by atoms with Crippen molar-refractivity contribution in [2.75, 3.05) is 13.2 Å². The SMILES string of the molecule is CCOC(=O)CN(C(=O)C(F)(F)F)C(Sc1ccc(Cl)cc1)(Sc1ccc(Cl)cc1)P(=O)(O)O. The number of halogens is 5. The van der Waals surface area contributed by atoms with E-state index in [9.17, 15) is 37.1 Å². The molecule has 2 aromatic carbocycles. The van der Waals surface area contributed by atoms with Gasteiger partial charge in [-0.3, -0.25) is 19.1 Å². The van der Waals surface area contributed by atoms with Gasteiger partial charge in [-0.1, -0.05) is 46.7 Å². The Morgan fingerprint density at radius 3 is 1.71 bits per heavy atom. The molecule has 34 heavy (non-hydrogen) atoms. The minimum absolute atomic E-state index is 0.0676. The Balaban J connectivity index is 2.77. The van der Waals surface area contributed by atoms with Crippen molar-refractivity contribution < 1.29 is 41.8 Å². The molecular formula is C19H17Cl2F3NO6PS2. The van der Waals surface area contributed by atoms with Crippen LogP contribution >= 0.6 is 54.3 Å². The molecule has 0 atom stereocenters. The van der Waals surface area contributed by atoms with Crippen molar-refractivity contribution in [2.45, 2.75) is 26.8 Å². The zero-order valence-electron chi connectivity index (χ0n) is 17.2. The molecule has 0 bridgehead atoms. The van der Waals surface area contributed by atoms with Crippen molar-refractivity contribution in [3.8, 4) is 0 Å². The van der Waals surface area contributed by atoms with E-state index in [2.05, 4.69) is 4.74 Å². The number of rotatable bonds is 9. The van der Waals surface area contributed by atoms with Gasteiger partial charge in [0.25, 0.3) is 0 Å². The lowest BCUT2D eigenvalue weighted by atomic mass is 10.4. The van der Waals surface area contributed by atoms with Crippen LogP contribution < -0.4 is 0 Å². The van der Waals surface area contributed by atoms with E-state index in [1.165, 1.54) is 55.5 Å². The lowest BCUT2D eigenvalue weighted by Gasteiger charge is -2.42. The van der Waals surface area contributed by atoms with Crippen molar-refractivity contribution in [3.63, 3.8) is 0 Å². The zero-order chi connectivity index (χ0) is 25.7. The molecule has 15 heteroatoms. The number of amides is 1. The smallest absolute Gasteiger partial charge is 0.465 e. The summed E-state index contributed by atoms with van der Waals surface area (Å²) in [6, 6.07) is 10.6. The normalized spacial score (nSPS) is 12.4. The molecule has 0 heterocycles. The molecule has 0 spiro atoms. The third-order valence-electron chi connectivity index (χ3n) is 3.92. The summed E-state index contributed by atoms with van der Waals surface area (Å²) >= 11 is 12.2. The monoisotopic (exact) mass is 577 g/mol. The van der Waals surface area contributed by atoms with E-state index in [-0.39, 0.29) is 54.9 Å². The standard InChI is InChI=1S/C19H17Cl2F3NO6PS2/c1-2-31-16(26)11-25(17(27)18(22,23)24)19(32(28,29)30,33-14-7-3-12(20)4-8-14)34-15-9-5-13(21)6-10-15/h3-10H,2,11H2,1H3,(H2,28,29,30). The van der Waals surface area contributed by atoms with E-state index in [4.69, 9.17) is 23.2 Å². The van der Waals surface area contributed by atoms with Crippen LogP contribution in [0.15, 0.2) is 58.3 Å². The second-order valence-electron chi connectivity index (χ2n) is 6.40. The fraction of sp³-hybridized carbons (Fsp3) is 0.263. The quantitative estimate of drug-likeness (QED) is 0.171. The molecule has 0 aliphatic heterocycles. The molecule has 0 fully saturated rings. The Bertz CT molecular complexity index is 1020. The first-order chi connectivity index (χ1) is 15.7. The summed E-state index contributed by atoms with van der Waals surface area (Å²) in [6.07, 6.45) is -5.56. The summed E-state index contributed by atoms with van der Waals surface area (Å²) in [4.78, 5) is 45.3. The summed E-state index contributed by atoms with van der Waals surface area (Å²) in [6.45, 7) is -0.224. The fourth-order valence-electron chi connectivity index (χ4n) is 2.51. The summed E-state index contributed by atoms with van der Waals surface area (Å²) in [7, 11) is -5.66. The molecule has 0 saturated heterocycles. The van der Waals surface area contributed by atoms with Crippen molar-refractivity contribution >= 4 is 66.2 Å². The van der Waals surface area contributed by atoms with Crippen molar-refractivity contribution in [2.24, 2.45) is 0 Å². The maximum absolute atomic E-state index is 13.6. The van der Waals surface area contributed by atoms with Gasteiger partial charge in [0.05, 0.1) is 6.61 Å². The molecule has 0 radical (unpaired) electrons. The van der Waals surface area contributed by atoms with Gasteiger partial charge in [0.2, 0.25) is 3.94 Å². The largest absolute Gasteiger partial charge is 0.471 e. The zero-order valence-corrected chi connectivity index (χ0v) is 21.2. The topological polar surface area (TPSA) is 104 Å². The molecule has 2 N–H and O–H groups in total. The average molecular weight is 578 g/mol. The lowest BCUT2D eigenvalue weighted by molar-refractivity contribution is -0.187. The average Bonchev–Trinajstić information content (AvgIpc) is 2.73. The molecule has 0 aliphatic rings. The van der Waals surface area contributed by atoms with Crippen LogP contribution in [-0.4, -0.2) is 49.8 Å². The predicted octanol–water partition coefficient (Wildman–Crippen LogP) is 5.62. The second kappa shape index (κ2) is 11.6. The maximum atomic E-state index is 13.6. The molecule has 186 valence electrons. The Kier molecular flexibility index (Phi) is 9.80. The maximum Gasteiger partial charge on any atom is 0.471 e. The van der Waals surface area contributed by atoms with E-state index in [1.807, 2.05) is 0 Å². The van der Waals surface area contributed by atoms with Gasteiger partial charge in [0.15, 0.2) is 0 Å². The number of esters is 1. The van der Waals surface area contributed by atoms with Gasteiger partial charge in [-0.25, -0.2) is 0 Å². The van der Waals surface area contributed by atoms with Gasteiger partial charge < -0.3 is 14.5 Å². The molecular weight excluding hydrogens is 561 g/mol. The second-order valence-corrected chi connectivity index (χ2v) is 12.4. The number of benzene rings is 2. The minimum Gasteiger partial charge on any atom is -0.465 e. The van der Waals surface area contributed by atoms with Gasteiger partial charge >= 0.3 is 25.6 Å². The van der Waals surface area contributed by atoms with Crippen LogP contribution in [0, 0.1) is 0 Å². The number of hydrogen-bond donors (Lipinski definition) is 2. The fourth-order valence-corrected chi connectivity index (χ4v) is 7.24. The van der Waals surface area contributed by atoms with Crippen LogP contribution in [0.1, 0.15) is 6.92 Å². The summed E-state index contributed by atoms with van der Waals surface area (Å²) < 4.78 is 55.4. The van der Waals surface area contributed by atoms with Crippen LogP contribution in [0.3, 0.4) is 0 Å². The Hall–Kier alpha value is -1.40. The number of thioether (sulfide) groups is 2. The van der Waals surface area contributed by atoms with E-state index < -0.39 is 36.1 Å². The van der Waals surface area contributed by atoms with Crippen LogP contribution in [-0.2, 0) is 18.9 Å². The molecule has 0 aliphatic carbocycles. The number of hydrogen-bond acceptors (Lipinski definition) is 6. The highest BCUT2D eigenvalue weighted by Crippen LogP contribution is 2.68. The highest BCUT2D eigenvalue weighted by atomic mass is 35.5. The lowest BCUT2D eigenvalue weighted by Crippen LogP contribution is -2.54. The minimum atomic E-state index is -5.66. The highest BCUT2D eigenvalue weighted by molar-refractivity contribution is 8.25. The van der Waals surface area contributed by atoms with Gasteiger partial charge in [-0.15, -0.1) is 0 Å². The molecule has 0 aromatic heterocycles. The van der Waals surface area contributed by atoms with Crippen LogP contribution in [0.25, 0.3) is 0 Å². The van der Waals surface area contributed by atoms with E-state index in [0.717, 1.165) is 0 Å². The first kappa shape index (κ1) is 28.8. The predicted molar refractivity (Wildman–Crippen MR) is 124 cm³/mol. The number of carbonyl (C=O) groups excluding carboxylic acids is 2. The summed E-state index contributed by atoms with van der Waals surface area (Å²) in [5.41, 5.74) is 0. The van der Waals surface area contributed by atoms with Crippen LogP contribution in [0.5, 0.6) is 0 Å². The van der Waals surface area contributed by atoms with E-state index in [1.54, 1.807) is 0 Å². The van der Waals surface area contributed by atoms with Gasteiger partial charge in [-0.05, 0) is 55.5 Å². The molecule has 0 saturated carbocycles. The number of alkyl halides is 3. The number of carbonyl (C=O) groups is 2. The molecule has 2 aromatic rings. The Morgan fingerprint density at radius 2 is 1.38 bits per heavy atom. The Morgan fingerprint density at radius 1 is 0.971 bits per heavy atom. The molecule has 0 unspecified atom stereocenters. The van der Waals surface area contributed by atoms with Gasteiger partial charge in [-0.2, -0.15) is 13.2 Å². The Labute approximate surface area is 211 Å². The number of ether oxygens (including phenoxy) is 1. The summed E-state index contributed by atoms with van der Waals surface area (Å²) in [5.74, 6) is -3.92. The molecule has 2 rings (SSSR count). The summed E-state index contributed by atoms with van der Waals surface area (Å²) in [5, 5.41) is 0.512. The number of nitrogens with zero attached hydrogens (tertiary/aromatic N) is 1. The molecule has 7 nitrogen and oxygen atoms in total. The van der Waals surface area contributed by atoms with E-state index >= 15 is 0 Å². The van der Waals surface area contributed by atoms with Crippen LogP contribution in [0.2, 0.25) is 10.0 Å². The van der Waals surface area contributed by atoms with Crippen molar-refractivity contribution in [1.82, 2.24) is 4.90 Å². The van der Waals surface area contributed by atoms with Crippen molar-refractivity contribution in [1.29, 1.82) is 0 Å². The first-order valence-corrected chi connectivity index (χ1v) is 13.2. The van der Waals surface area contributed by atoms with Crippen molar-refractivity contribution in [3.05, 3.63) is 58.6 Å². The third kappa shape index (κ3) is 7.30. The molecule has 1 amide bonds. The van der Waals surface area contributed by atoms with Gasteiger partial charge in [0, 0.05) is 19.8 Å². The first-order valence-electron chi connectivity index (χ1n) is 9.19.